The van der Waals surface area contributed by atoms with Crippen molar-refractivity contribution in [3.8, 4) is 0 Å². The van der Waals surface area contributed by atoms with Crippen LogP contribution in [0.2, 0.25) is 0 Å². The first kappa shape index (κ1) is 16.1. The Hall–Kier alpha value is -1.32. The summed E-state index contributed by atoms with van der Waals surface area (Å²) in [6.45, 7) is 4.99. The van der Waals surface area contributed by atoms with Gasteiger partial charge >= 0.3 is 11.9 Å². The van der Waals surface area contributed by atoms with Gasteiger partial charge in [0.15, 0.2) is 0 Å². The fraction of sp³-hybridized carbons (Fsp3) is 0.765. The summed E-state index contributed by atoms with van der Waals surface area (Å²) in [4.78, 5) is 24.5. The molecule has 21 heavy (non-hydrogen) atoms. The molecule has 0 spiro atoms. The van der Waals surface area contributed by atoms with Crippen molar-refractivity contribution in [2.75, 3.05) is 13.2 Å². The Morgan fingerprint density at radius 1 is 0.905 bits per heavy atom. The van der Waals surface area contributed by atoms with Gasteiger partial charge in [-0.2, -0.15) is 0 Å². The fourth-order valence-electron chi connectivity index (χ4n) is 3.27. The van der Waals surface area contributed by atoms with Crippen molar-refractivity contribution in [2.24, 2.45) is 11.8 Å². The van der Waals surface area contributed by atoms with Crippen molar-refractivity contribution in [1.82, 2.24) is 0 Å². The molecule has 0 amide bonds. The number of ether oxygens (including phenoxy) is 2. The zero-order chi connectivity index (χ0) is 15.2. The highest BCUT2D eigenvalue weighted by molar-refractivity contribution is 6.02. The molecule has 0 aliphatic heterocycles. The summed E-state index contributed by atoms with van der Waals surface area (Å²) < 4.78 is 10.6. The molecule has 0 aromatic heterocycles. The van der Waals surface area contributed by atoms with Crippen molar-refractivity contribution < 1.29 is 19.1 Å². The molecule has 2 aliphatic rings. The molecule has 118 valence electrons. The number of carbonyl (C=O) groups is 2. The van der Waals surface area contributed by atoms with Gasteiger partial charge in [-0.05, 0) is 43.9 Å². The van der Waals surface area contributed by atoms with E-state index in [4.69, 9.17) is 9.47 Å². The van der Waals surface area contributed by atoms with Crippen LogP contribution in [0.1, 0.15) is 58.8 Å². The summed E-state index contributed by atoms with van der Waals surface area (Å²) in [6.07, 6.45) is 6.61. The maximum atomic E-state index is 12.3. The minimum Gasteiger partial charge on any atom is -0.462 e. The van der Waals surface area contributed by atoms with Crippen LogP contribution in [-0.4, -0.2) is 25.2 Å². The molecule has 0 aromatic rings. The molecule has 1 saturated carbocycles. The van der Waals surface area contributed by atoms with Crippen LogP contribution in [0, 0.1) is 11.8 Å². The van der Waals surface area contributed by atoms with Gasteiger partial charge in [-0.1, -0.05) is 26.7 Å². The minimum absolute atomic E-state index is 0.206. The monoisotopic (exact) mass is 294 g/mol. The largest absolute Gasteiger partial charge is 0.462 e. The second-order valence-electron chi connectivity index (χ2n) is 6.01. The number of hydrogen-bond acceptors (Lipinski definition) is 4. The highest BCUT2D eigenvalue weighted by Gasteiger charge is 2.45. The van der Waals surface area contributed by atoms with E-state index >= 15 is 0 Å². The Balaban J connectivity index is 2.05. The maximum Gasteiger partial charge on any atom is 0.334 e. The quantitative estimate of drug-likeness (QED) is 0.508. The summed E-state index contributed by atoms with van der Waals surface area (Å²) in [5.41, 5.74) is 1.23. The lowest BCUT2D eigenvalue weighted by Gasteiger charge is -2.18. The van der Waals surface area contributed by atoms with Gasteiger partial charge in [0.25, 0.3) is 0 Å². The van der Waals surface area contributed by atoms with E-state index in [2.05, 4.69) is 13.8 Å². The van der Waals surface area contributed by atoms with Crippen LogP contribution in [0.25, 0.3) is 0 Å². The van der Waals surface area contributed by atoms with Crippen molar-refractivity contribution >= 4 is 11.9 Å². The van der Waals surface area contributed by atoms with Crippen LogP contribution in [0.4, 0.5) is 0 Å². The Morgan fingerprint density at radius 2 is 1.33 bits per heavy atom. The van der Waals surface area contributed by atoms with Gasteiger partial charge in [-0.25, -0.2) is 9.59 Å². The van der Waals surface area contributed by atoms with Crippen molar-refractivity contribution in [3.05, 3.63) is 11.1 Å². The average Bonchev–Trinajstić information content (AvgIpc) is 3.08. The average molecular weight is 294 g/mol. The van der Waals surface area contributed by atoms with E-state index in [1.165, 1.54) is 0 Å². The van der Waals surface area contributed by atoms with Crippen LogP contribution in [-0.2, 0) is 19.1 Å². The molecule has 0 aromatic carbocycles. The summed E-state index contributed by atoms with van der Waals surface area (Å²) in [7, 11) is 0. The molecule has 1 fully saturated rings. The predicted molar refractivity (Wildman–Crippen MR) is 79.6 cm³/mol. The molecule has 2 rings (SSSR count). The molecule has 2 aliphatic carbocycles. The van der Waals surface area contributed by atoms with Gasteiger partial charge < -0.3 is 9.47 Å². The lowest BCUT2D eigenvalue weighted by Crippen LogP contribution is -2.21. The highest BCUT2D eigenvalue weighted by Crippen LogP contribution is 2.49. The van der Waals surface area contributed by atoms with Crippen LogP contribution >= 0.6 is 0 Å². The maximum absolute atomic E-state index is 12.3. The first-order chi connectivity index (χ1) is 10.2. The second-order valence-corrected chi connectivity index (χ2v) is 6.01. The fourth-order valence-corrected chi connectivity index (χ4v) is 3.27. The van der Waals surface area contributed by atoms with Crippen molar-refractivity contribution in [3.63, 3.8) is 0 Å². The summed E-state index contributed by atoms with van der Waals surface area (Å²) >= 11 is 0. The molecular weight excluding hydrogens is 268 g/mol. The third-order valence-electron chi connectivity index (χ3n) is 4.44. The zero-order valence-corrected chi connectivity index (χ0v) is 13.2. The number of carbonyl (C=O) groups excluding carboxylic acids is 2. The predicted octanol–water partition coefficient (Wildman–Crippen LogP) is 3.40. The lowest BCUT2D eigenvalue weighted by molar-refractivity contribution is -0.143. The molecule has 4 nitrogen and oxygen atoms in total. The number of esters is 2. The summed E-state index contributed by atoms with van der Waals surface area (Å²) in [5.74, 6) is -0.174. The zero-order valence-electron chi connectivity index (χ0n) is 13.2. The molecule has 0 heterocycles. The Morgan fingerprint density at radius 3 is 1.71 bits per heavy atom. The molecule has 2 unspecified atom stereocenters. The van der Waals surface area contributed by atoms with Gasteiger partial charge in [-0.3, -0.25) is 0 Å². The van der Waals surface area contributed by atoms with Gasteiger partial charge in [0.2, 0.25) is 0 Å². The van der Waals surface area contributed by atoms with Crippen LogP contribution in [0.5, 0.6) is 0 Å². The topological polar surface area (TPSA) is 52.6 Å². The van der Waals surface area contributed by atoms with Gasteiger partial charge in [-0.15, -0.1) is 0 Å². The molecule has 2 atom stereocenters. The van der Waals surface area contributed by atoms with E-state index in [1.54, 1.807) is 0 Å². The molecular formula is C17H26O4. The van der Waals surface area contributed by atoms with Gasteiger partial charge in [0.05, 0.1) is 24.4 Å². The van der Waals surface area contributed by atoms with E-state index < -0.39 is 0 Å². The number of fused-ring (bicyclic) bond motifs is 2. The molecule has 2 bridgehead atoms. The Bertz CT molecular complexity index is 387. The van der Waals surface area contributed by atoms with E-state index in [-0.39, 0.29) is 23.8 Å². The minimum atomic E-state index is -0.293. The normalized spacial score (nSPS) is 23.5. The molecule has 0 saturated heterocycles. The van der Waals surface area contributed by atoms with Crippen LogP contribution in [0.3, 0.4) is 0 Å². The third kappa shape index (κ3) is 3.66. The molecule has 4 heteroatoms. The standard InChI is InChI=1S/C17H26O4/c1-3-5-9-20-16(18)14-12-7-8-13(11-12)15(14)17(19)21-10-6-4-2/h12-13H,3-11H2,1-2H3. The van der Waals surface area contributed by atoms with Crippen LogP contribution < -0.4 is 0 Å². The van der Waals surface area contributed by atoms with Crippen LogP contribution in [0.15, 0.2) is 11.1 Å². The third-order valence-corrected chi connectivity index (χ3v) is 4.44. The van der Waals surface area contributed by atoms with E-state index in [1.807, 2.05) is 0 Å². The summed E-state index contributed by atoms with van der Waals surface area (Å²) in [5, 5.41) is 0. The Labute approximate surface area is 126 Å². The second kappa shape index (κ2) is 7.62. The first-order valence-corrected chi connectivity index (χ1v) is 8.27. The SMILES string of the molecule is CCCCOC(=O)C1=C(C(=O)OCCCC)C2CCC1C2. The number of hydrogen-bond donors (Lipinski definition) is 0. The lowest BCUT2D eigenvalue weighted by atomic mass is 9.92. The smallest absolute Gasteiger partial charge is 0.334 e. The van der Waals surface area contributed by atoms with E-state index in [0.717, 1.165) is 44.9 Å². The van der Waals surface area contributed by atoms with E-state index in [0.29, 0.717) is 24.4 Å². The first-order valence-electron chi connectivity index (χ1n) is 8.27. The number of rotatable bonds is 8. The van der Waals surface area contributed by atoms with Gasteiger partial charge in [0, 0.05) is 0 Å². The molecule has 0 radical (unpaired) electrons. The van der Waals surface area contributed by atoms with Gasteiger partial charge in [0.1, 0.15) is 0 Å². The highest BCUT2D eigenvalue weighted by atomic mass is 16.5. The van der Waals surface area contributed by atoms with E-state index in [9.17, 15) is 9.59 Å². The summed E-state index contributed by atoms with van der Waals surface area (Å²) in [6, 6.07) is 0. The number of unbranched alkanes of at least 4 members (excludes halogenated alkanes) is 2. The molecule has 0 N–H and O–H groups in total. The van der Waals surface area contributed by atoms with Crippen molar-refractivity contribution in [1.29, 1.82) is 0 Å². The Kier molecular flexibility index (Phi) is 5.83. The van der Waals surface area contributed by atoms with Crippen molar-refractivity contribution in [2.45, 2.75) is 58.8 Å².